The van der Waals surface area contributed by atoms with Crippen molar-refractivity contribution < 1.29 is 9.53 Å². The zero-order valence-electron chi connectivity index (χ0n) is 15.2. The number of ether oxygens (including phenoxy) is 1. The number of hydrogen-bond donors (Lipinski definition) is 1. The van der Waals surface area contributed by atoms with Crippen LogP contribution in [0.1, 0.15) is 51.4 Å². The van der Waals surface area contributed by atoms with E-state index in [1.807, 2.05) is 0 Å². The third-order valence-electron chi connectivity index (χ3n) is 6.37. The molecule has 3 aliphatic rings. The van der Waals surface area contributed by atoms with Crippen LogP contribution in [0.2, 0.25) is 0 Å². The van der Waals surface area contributed by atoms with Gasteiger partial charge in [0.15, 0.2) is 0 Å². The number of likely N-dealkylation sites (tertiary alicyclic amines) is 1. The minimum absolute atomic E-state index is 0.0898. The van der Waals surface area contributed by atoms with Gasteiger partial charge >= 0.3 is 0 Å². The highest BCUT2D eigenvalue weighted by molar-refractivity contribution is 5.77. The molecule has 1 atom stereocenters. The molecule has 24 heavy (non-hydrogen) atoms. The summed E-state index contributed by atoms with van der Waals surface area (Å²) in [7, 11) is 0. The summed E-state index contributed by atoms with van der Waals surface area (Å²) in [5.74, 6) is 0.981. The Balaban J connectivity index is 1.50. The number of amides is 1. The van der Waals surface area contributed by atoms with Gasteiger partial charge in [-0.15, -0.1) is 0 Å². The molecule has 3 fully saturated rings. The average molecular weight is 338 g/mol. The number of carbonyl (C=O) groups is 1. The van der Waals surface area contributed by atoms with Crippen molar-refractivity contribution in [3.63, 3.8) is 0 Å². The second-order valence-electron chi connectivity index (χ2n) is 8.20. The molecule has 0 bridgehead atoms. The Hall–Kier alpha value is -0.650. The van der Waals surface area contributed by atoms with E-state index in [9.17, 15) is 4.79 Å². The summed E-state index contributed by atoms with van der Waals surface area (Å²) in [5.41, 5.74) is 6.17. The zero-order valence-corrected chi connectivity index (χ0v) is 15.2. The lowest BCUT2D eigenvalue weighted by molar-refractivity contribution is -0.136. The molecule has 0 aromatic carbocycles. The van der Waals surface area contributed by atoms with Crippen molar-refractivity contribution in [2.45, 2.75) is 51.4 Å². The minimum atomic E-state index is 0.0898. The van der Waals surface area contributed by atoms with E-state index in [-0.39, 0.29) is 5.41 Å². The van der Waals surface area contributed by atoms with Crippen LogP contribution < -0.4 is 5.73 Å². The molecule has 5 nitrogen and oxygen atoms in total. The third kappa shape index (κ3) is 4.70. The molecule has 1 amide bonds. The van der Waals surface area contributed by atoms with Gasteiger partial charge < -0.3 is 15.4 Å². The largest absolute Gasteiger partial charge is 0.379 e. The molecule has 2 heterocycles. The van der Waals surface area contributed by atoms with Gasteiger partial charge in [-0.1, -0.05) is 19.3 Å². The number of hydrogen-bond acceptors (Lipinski definition) is 4. The van der Waals surface area contributed by atoms with Gasteiger partial charge in [0.1, 0.15) is 0 Å². The average Bonchev–Trinajstić information content (AvgIpc) is 2.63. The summed E-state index contributed by atoms with van der Waals surface area (Å²) >= 11 is 0. The number of nitrogens with zero attached hydrogens (tertiary/aromatic N) is 2. The van der Waals surface area contributed by atoms with Crippen LogP contribution in [-0.4, -0.2) is 68.2 Å². The first-order chi connectivity index (χ1) is 11.7. The number of carbonyl (C=O) groups excluding carboxylic acids is 1. The molecule has 0 spiro atoms. The molecule has 3 rings (SSSR count). The normalized spacial score (nSPS) is 28.7. The first kappa shape index (κ1) is 18.2. The topological polar surface area (TPSA) is 58.8 Å². The van der Waals surface area contributed by atoms with Crippen LogP contribution in [0.3, 0.4) is 0 Å². The second-order valence-corrected chi connectivity index (χ2v) is 8.20. The molecule has 0 aromatic heterocycles. The predicted octanol–water partition coefficient (Wildman–Crippen LogP) is 1.86. The molecule has 2 saturated heterocycles. The Bertz CT molecular complexity index is 403. The van der Waals surface area contributed by atoms with Gasteiger partial charge in [-0.05, 0) is 43.6 Å². The first-order valence-corrected chi connectivity index (χ1v) is 9.99. The summed E-state index contributed by atoms with van der Waals surface area (Å²) in [5, 5.41) is 0. The minimum Gasteiger partial charge on any atom is -0.379 e. The van der Waals surface area contributed by atoms with Gasteiger partial charge in [-0.3, -0.25) is 9.69 Å². The SMILES string of the molecule is NCC1(CC(=O)N2CCCC(CN3CCOCC3)C2)CCCCC1. The van der Waals surface area contributed by atoms with E-state index in [2.05, 4.69) is 9.80 Å². The van der Waals surface area contributed by atoms with E-state index in [0.717, 1.165) is 65.2 Å². The van der Waals surface area contributed by atoms with Crippen LogP contribution >= 0.6 is 0 Å². The Labute approximate surface area is 146 Å². The Kier molecular flexibility index (Phi) is 6.53. The van der Waals surface area contributed by atoms with Gasteiger partial charge in [-0.25, -0.2) is 0 Å². The summed E-state index contributed by atoms with van der Waals surface area (Å²) < 4.78 is 5.44. The summed E-state index contributed by atoms with van der Waals surface area (Å²) in [6.45, 7) is 7.47. The van der Waals surface area contributed by atoms with E-state index < -0.39 is 0 Å². The smallest absolute Gasteiger partial charge is 0.223 e. The summed E-state index contributed by atoms with van der Waals surface area (Å²) in [6.07, 6.45) is 9.14. The van der Waals surface area contributed by atoms with Crippen LogP contribution in [0.5, 0.6) is 0 Å². The van der Waals surface area contributed by atoms with Crippen molar-refractivity contribution in [2.24, 2.45) is 17.1 Å². The van der Waals surface area contributed by atoms with E-state index in [4.69, 9.17) is 10.5 Å². The van der Waals surface area contributed by atoms with Crippen LogP contribution in [0.25, 0.3) is 0 Å². The molecule has 5 heteroatoms. The van der Waals surface area contributed by atoms with E-state index >= 15 is 0 Å². The van der Waals surface area contributed by atoms with Crippen molar-refractivity contribution in [2.75, 3.05) is 52.5 Å². The molecule has 1 saturated carbocycles. The first-order valence-electron chi connectivity index (χ1n) is 9.99. The maximum atomic E-state index is 12.9. The molecule has 1 aliphatic carbocycles. The van der Waals surface area contributed by atoms with Crippen molar-refractivity contribution in [1.29, 1.82) is 0 Å². The predicted molar refractivity (Wildman–Crippen MR) is 95.8 cm³/mol. The Morgan fingerprint density at radius 2 is 1.83 bits per heavy atom. The second kappa shape index (κ2) is 8.63. The monoisotopic (exact) mass is 337 g/mol. The summed E-state index contributed by atoms with van der Waals surface area (Å²) in [4.78, 5) is 17.5. The van der Waals surface area contributed by atoms with Crippen LogP contribution in [0.4, 0.5) is 0 Å². The fourth-order valence-electron chi connectivity index (χ4n) is 4.78. The lowest BCUT2D eigenvalue weighted by atomic mass is 9.71. The maximum Gasteiger partial charge on any atom is 0.223 e. The fourth-order valence-corrected chi connectivity index (χ4v) is 4.78. The number of morpholine rings is 1. The highest BCUT2D eigenvalue weighted by Gasteiger charge is 2.35. The van der Waals surface area contributed by atoms with Gasteiger partial charge in [0.2, 0.25) is 5.91 Å². The van der Waals surface area contributed by atoms with Crippen LogP contribution in [0, 0.1) is 11.3 Å². The highest BCUT2D eigenvalue weighted by atomic mass is 16.5. The van der Waals surface area contributed by atoms with Crippen molar-refractivity contribution >= 4 is 5.91 Å². The van der Waals surface area contributed by atoms with Crippen molar-refractivity contribution in [3.05, 3.63) is 0 Å². The van der Waals surface area contributed by atoms with Crippen molar-refractivity contribution in [1.82, 2.24) is 9.80 Å². The fraction of sp³-hybridized carbons (Fsp3) is 0.947. The van der Waals surface area contributed by atoms with Crippen LogP contribution in [0.15, 0.2) is 0 Å². The van der Waals surface area contributed by atoms with Crippen LogP contribution in [-0.2, 0) is 9.53 Å². The molecule has 2 aliphatic heterocycles. The molecule has 0 radical (unpaired) electrons. The standard InChI is InChI=1S/C19H35N3O2/c20-16-19(6-2-1-3-7-19)13-18(23)22-8-4-5-17(15-22)14-21-9-11-24-12-10-21/h17H,1-16,20H2. The lowest BCUT2D eigenvalue weighted by Gasteiger charge is -2.40. The van der Waals surface area contributed by atoms with Gasteiger partial charge in [0, 0.05) is 39.1 Å². The number of rotatable bonds is 5. The van der Waals surface area contributed by atoms with Gasteiger partial charge in [-0.2, -0.15) is 0 Å². The maximum absolute atomic E-state index is 12.9. The third-order valence-corrected chi connectivity index (χ3v) is 6.37. The van der Waals surface area contributed by atoms with E-state index in [0.29, 0.717) is 24.8 Å². The Morgan fingerprint density at radius 3 is 2.54 bits per heavy atom. The van der Waals surface area contributed by atoms with Gasteiger partial charge in [0.05, 0.1) is 13.2 Å². The summed E-state index contributed by atoms with van der Waals surface area (Å²) in [6, 6.07) is 0. The highest BCUT2D eigenvalue weighted by Crippen LogP contribution is 2.39. The quantitative estimate of drug-likeness (QED) is 0.832. The van der Waals surface area contributed by atoms with Crippen molar-refractivity contribution in [3.8, 4) is 0 Å². The molecule has 138 valence electrons. The molecule has 1 unspecified atom stereocenters. The van der Waals surface area contributed by atoms with E-state index in [1.54, 1.807) is 0 Å². The lowest BCUT2D eigenvalue weighted by Crippen LogP contribution is -2.47. The number of piperidine rings is 1. The zero-order chi connectivity index (χ0) is 16.8. The van der Waals surface area contributed by atoms with Gasteiger partial charge in [0.25, 0.3) is 0 Å². The molecular weight excluding hydrogens is 302 g/mol. The Morgan fingerprint density at radius 1 is 1.08 bits per heavy atom. The van der Waals surface area contributed by atoms with E-state index in [1.165, 1.54) is 25.7 Å². The molecule has 0 aromatic rings. The molecular formula is C19H35N3O2. The molecule has 2 N–H and O–H groups in total. The number of nitrogens with two attached hydrogens (primary N) is 1.